The first kappa shape index (κ1) is 12.9. The standard InChI is InChI=1S/C10H8F3NOS/c11-10(12,13)16-8-3-1-7(2-4-8)9(15)5-6-14/h1-4,9,15H,5H2. The molecule has 1 atom stereocenters. The van der Waals surface area contributed by atoms with Crippen LogP contribution in [0.3, 0.4) is 0 Å². The average Bonchev–Trinajstić information content (AvgIpc) is 2.16. The van der Waals surface area contributed by atoms with Crippen molar-refractivity contribution in [3.05, 3.63) is 29.8 Å². The fourth-order valence-electron chi connectivity index (χ4n) is 1.10. The van der Waals surface area contributed by atoms with Crippen LogP contribution in [-0.4, -0.2) is 10.6 Å². The van der Waals surface area contributed by atoms with Crippen LogP contribution in [0, 0.1) is 11.3 Å². The Morgan fingerprint density at radius 1 is 1.31 bits per heavy atom. The number of aliphatic hydroxyl groups is 1. The second kappa shape index (κ2) is 5.23. The second-order valence-electron chi connectivity index (χ2n) is 2.99. The molecule has 0 aliphatic carbocycles. The zero-order valence-electron chi connectivity index (χ0n) is 8.03. The normalized spacial score (nSPS) is 13.2. The van der Waals surface area contributed by atoms with Crippen LogP contribution in [0.1, 0.15) is 18.1 Å². The first-order chi connectivity index (χ1) is 7.42. The lowest BCUT2D eigenvalue weighted by molar-refractivity contribution is -0.0328. The number of nitriles is 1. The summed E-state index contributed by atoms with van der Waals surface area (Å²) in [5, 5.41) is 17.7. The van der Waals surface area contributed by atoms with Gasteiger partial charge >= 0.3 is 5.51 Å². The minimum Gasteiger partial charge on any atom is -0.387 e. The van der Waals surface area contributed by atoms with Crippen molar-refractivity contribution < 1.29 is 18.3 Å². The van der Waals surface area contributed by atoms with Crippen LogP contribution in [0.5, 0.6) is 0 Å². The third-order valence-corrected chi connectivity index (χ3v) is 2.52. The third-order valence-electron chi connectivity index (χ3n) is 1.78. The molecule has 0 aliphatic rings. The van der Waals surface area contributed by atoms with Gasteiger partial charge in [-0.25, -0.2) is 0 Å². The van der Waals surface area contributed by atoms with Crippen molar-refractivity contribution in [2.24, 2.45) is 0 Å². The van der Waals surface area contributed by atoms with Crippen molar-refractivity contribution in [2.75, 3.05) is 0 Å². The summed E-state index contributed by atoms with van der Waals surface area (Å²) < 4.78 is 36.0. The maximum Gasteiger partial charge on any atom is 0.446 e. The van der Waals surface area contributed by atoms with Gasteiger partial charge in [0, 0.05) is 4.90 Å². The fraction of sp³-hybridized carbons (Fsp3) is 0.300. The summed E-state index contributed by atoms with van der Waals surface area (Å²) in [5.74, 6) is 0. The van der Waals surface area contributed by atoms with Gasteiger partial charge in [0.2, 0.25) is 0 Å². The largest absolute Gasteiger partial charge is 0.446 e. The number of hydrogen-bond acceptors (Lipinski definition) is 3. The molecule has 0 heterocycles. The molecule has 1 rings (SSSR count). The Bertz CT molecular complexity index is 383. The molecule has 0 bridgehead atoms. The lowest BCUT2D eigenvalue weighted by Crippen LogP contribution is -1.99. The summed E-state index contributed by atoms with van der Waals surface area (Å²) in [6.07, 6.45) is -1.03. The number of alkyl halides is 3. The van der Waals surface area contributed by atoms with Gasteiger partial charge in [-0.15, -0.1) is 0 Å². The minimum atomic E-state index is -4.31. The van der Waals surface area contributed by atoms with E-state index < -0.39 is 11.6 Å². The van der Waals surface area contributed by atoms with E-state index in [1.54, 1.807) is 6.07 Å². The molecular formula is C10H8F3NOS. The van der Waals surface area contributed by atoms with Gasteiger partial charge in [0.05, 0.1) is 18.6 Å². The number of rotatable bonds is 3. The number of benzene rings is 1. The maximum absolute atomic E-state index is 12.0. The van der Waals surface area contributed by atoms with E-state index >= 15 is 0 Å². The van der Waals surface area contributed by atoms with E-state index in [-0.39, 0.29) is 23.1 Å². The molecule has 0 aliphatic heterocycles. The molecule has 16 heavy (non-hydrogen) atoms. The van der Waals surface area contributed by atoms with E-state index in [1.165, 1.54) is 24.3 Å². The minimum absolute atomic E-state index is 0.0559. The smallest absolute Gasteiger partial charge is 0.387 e. The zero-order chi connectivity index (χ0) is 12.2. The van der Waals surface area contributed by atoms with E-state index in [0.717, 1.165) is 0 Å². The topological polar surface area (TPSA) is 44.0 Å². The summed E-state index contributed by atoms with van der Waals surface area (Å²) in [6, 6.07) is 7.10. The highest BCUT2D eigenvalue weighted by Gasteiger charge is 2.29. The van der Waals surface area contributed by atoms with Crippen LogP contribution in [0.4, 0.5) is 13.2 Å². The Labute approximate surface area is 94.7 Å². The van der Waals surface area contributed by atoms with Gasteiger partial charge in [0.25, 0.3) is 0 Å². The molecule has 1 aromatic carbocycles. The third kappa shape index (κ3) is 4.13. The van der Waals surface area contributed by atoms with Gasteiger partial charge in [-0.05, 0) is 29.5 Å². The van der Waals surface area contributed by atoms with Crippen molar-refractivity contribution in [1.29, 1.82) is 5.26 Å². The van der Waals surface area contributed by atoms with E-state index in [2.05, 4.69) is 0 Å². The van der Waals surface area contributed by atoms with Gasteiger partial charge < -0.3 is 5.11 Å². The van der Waals surface area contributed by atoms with Crippen molar-refractivity contribution in [3.63, 3.8) is 0 Å². The predicted molar refractivity (Wildman–Crippen MR) is 53.5 cm³/mol. The molecule has 0 spiro atoms. The molecule has 0 saturated heterocycles. The van der Waals surface area contributed by atoms with Crippen molar-refractivity contribution in [1.82, 2.24) is 0 Å². The van der Waals surface area contributed by atoms with Gasteiger partial charge in [0.15, 0.2) is 0 Å². The lowest BCUT2D eigenvalue weighted by Gasteiger charge is -2.08. The average molecular weight is 247 g/mol. The maximum atomic E-state index is 12.0. The molecule has 0 aromatic heterocycles. The predicted octanol–water partition coefficient (Wildman–Crippen LogP) is 3.25. The van der Waals surface area contributed by atoms with Gasteiger partial charge in [-0.2, -0.15) is 18.4 Å². The summed E-state index contributed by atoms with van der Waals surface area (Å²) in [7, 11) is 0. The van der Waals surface area contributed by atoms with Crippen molar-refractivity contribution in [2.45, 2.75) is 22.9 Å². The molecule has 0 saturated carbocycles. The summed E-state index contributed by atoms with van der Waals surface area (Å²) in [6.45, 7) is 0. The number of hydrogen-bond donors (Lipinski definition) is 1. The van der Waals surface area contributed by atoms with E-state index in [0.29, 0.717) is 5.56 Å². The number of halogens is 3. The van der Waals surface area contributed by atoms with Gasteiger partial charge in [-0.3, -0.25) is 0 Å². The first-order valence-corrected chi connectivity index (χ1v) is 5.15. The fourth-order valence-corrected chi connectivity index (χ4v) is 1.64. The second-order valence-corrected chi connectivity index (χ2v) is 4.13. The van der Waals surface area contributed by atoms with Crippen LogP contribution in [0.15, 0.2) is 29.2 Å². The van der Waals surface area contributed by atoms with E-state index in [4.69, 9.17) is 5.26 Å². The van der Waals surface area contributed by atoms with Gasteiger partial charge in [0.1, 0.15) is 0 Å². The Morgan fingerprint density at radius 3 is 2.31 bits per heavy atom. The van der Waals surface area contributed by atoms with Crippen LogP contribution >= 0.6 is 11.8 Å². The molecule has 1 aromatic rings. The van der Waals surface area contributed by atoms with E-state index in [1.807, 2.05) is 0 Å². The van der Waals surface area contributed by atoms with Crippen LogP contribution in [0.2, 0.25) is 0 Å². The Kier molecular flexibility index (Phi) is 4.21. The van der Waals surface area contributed by atoms with Crippen LogP contribution in [0.25, 0.3) is 0 Å². The molecule has 0 amide bonds. The Balaban J connectivity index is 2.72. The summed E-state index contributed by atoms with van der Waals surface area (Å²) in [4.78, 5) is 0.0559. The highest BCUT2D eigenvalue weighted by atomic mass is 32.2. The Morgan fingerprint density at radius 2 is 1.88 bits per heavy atom. The molecule has 0 fully saturated rings. The van der Waals surface area contributed by atoms with Crippen LogP contribution < -0.4 is 0 Å². The highest BCUT2D eigenvalue weighted by molar-refractivity contribution is 8.00. The van der Waals surface area contributed by atoms with Crippen molar-refractivity contribution in [3.8, 4) is 6.07 Å². The monoisotopic (exact) mass is 247 g/mol. The molecule has 6 heteroatoms. The van der Waals surface area contributed by atoms with E-state index in [9.17, 15) is 18.3 Å². The number of nitrogens with zero attached hydrogens (tertiary/aromatic N) is 1. The highest BCUT2D eigenvalue weighted by Crippen LogP contribution is 2.37. The zero-order valence-corrected chi connectivity index (χ0v) is 8.85. The van der Waals surface area contributed by atoms with Crippen LogP contribution in [-0.2, 0) is 0 Å². The molecular weight excluding hydrogens is 239 g/mol. The SMILES string of the molecule is N#CCC(O)c1ccc(SC(F)(F)F)cc1. The molecule has 1 unspecified atom stereocenters. The quantitative estimate of drug-likeness (QED) is 0.834. The molecule has 1 N–H and O–H groups in total. The number of aliphatic hydroxyl groups excluding tert-OH is 1. The Hall–Kier alpha value is -1.19. The molecule has 86 valence electrons. The molecule has 0 radical (unpaired) electrons. The number of thioether (sulfide) groups is 1. The first-order valence-electron chi connectivity index (χ1n) is 4.33. The van der Waals surface area contributed by atoms with Gasteiger partial charge in [-0.1, -0.05) is 12.1 Å². The van der Waals surface area contributed by atoms with Crippen molar-refractivity contribution >= 4 is 11.8 Å². The molecule has 2 nitrogen and oxygen atoms in total. The lowest BCUT2D eigenvalue weighted by atomic mass is 10.1. The summed E-state index contributed by atoms with van der Waals surface area (Å²) in [5.41, 5.74) is -3.87. The summed E-state index contributed by atoms with van der Waals surface area (Å²) >= 11 is -0.212.